The van der Waals surface area contributed by atoms with E-state index in [9.17, 15) is 0 Å². The highest BCUT2D eigenvalue weighted by Gasteiger charge is 2.65. The van der Waals surface area contributed by atoms with Gasteiger partial charge in [-0.25, -0.2) is 0 Å². The van der Waals surface area contributed by atoms with Crippen molar-refractivity contribution in [1.29, 1.82) is 0 Å². The van der Waals surface area contributed by atoms with Crippen molar-refractivity contribution in [3.8, 4) is 0 Å². The predicted molar refractivity (Wildman–Crippen MR) is 93.9 cm³/mol. The van der Waals surface area contributed by atoms with Crippen LogP contribution >= 0.6 is 22.6 Å². The fraction of sp³-hybridized carbons (Fsp3) is 0.667. The summed E-state index contributed by atoms with van der Waals surface area (Å²) in [6.45, 7) is 9.63. The van der Waals surface area contributed by atoms with Crippen LogP contribution in [0, 0.1) is 12.8 Å². The maximum Gasteiger partial charge on any atom is 0.0935 e. The number of alkyl halides is 1. The SMILES string of the molecule is Cc1ccccc1CO[C@H]1C[C@@]2(C(C)C)O[C@]1(C)C[C@H]2I. The van der Waals surface area contributed by atoms with Crippen molar-refractivity contribution in [2.45, 2.75) is 68.4 Å². The van der Waals surface area contributed by atoms with Gasteiger partial charge in [0, 0.05) is 10.3 Å². The number of aryl methyl sites for hydroxylation is 1. The van der Waals surface area contributed by atoms with Gasteiger partial charge in [0.05, 0.1) is 23.9 Å². The highest BCUT2D eigenvalue weighted by Crippen LogP contribution is 2.57. The number of rotatable bonds is 4. The summed E-state index contributed by atoms with van der Waals surface area (Å²) in [4.78, 5) is 0. The average Bonchev–Trinajstić information content (AvgIpc) is 2.86. The first-order valence-corrected chi connectivity index (χ1v) is 9.12. The van der Waals surface area contributed by atoms with E-state index in [0.29, 0.717) is 16.4 Å². The number of benzene rings is 1. The van der Waals surface area contributed by atoms with Crippen molar-refractivity contribution in [1.82, 2.24) is 0 Å². The second kappa shape index (κ2) is 5.50. The summed E-state index contributed by atoms with van der Waals surface area (Å²) in [7, 11) is 0. The lowest BCUT2D eigenvalue weighted by Gasteiger charge is -2.35. The largest absolute Gasteiger partial charge is 0.370 e. The smallest absolute Gasteiger partial charge is 0.0935 e. The number of ether oxygens (including phenoxy) is 2. The Morgan fingerprint density at radius 3 is 2.67 bits per heavy atom. The highest BCUT2D eigenvalue weighted by atomic mass is 127. The van der Waals surface area contributed by atoms with Crippen molar-refractivity contribution in [3.63, 3.8) is 0 Å². The third-order valence-corrected chi connectivity index (χ3v) is 6.90. The van der Waals surface area contributed by atoms with E-state index >= 15 is 0 Å². The zero-order chi connectivity index (χ0) is 15.3. The van der Waals surface area contributed by atoms with Gasteiger partial charge in [0.2, 0.25) is 0 Å². The van der Waals surface area contributed by atoms with Gasteiger partial charge in [0.15, 0.2) is 0 Å². The Balaban J connectivity index is 1.73. The quantitative estimate of drug-likeness (QED) is 0.541. The second-order valence-electron chi connectivity index (χ2n) is 7.13. The van der Waals surface area contributed by atoms with Gasteiger partial charge in [0.1, 0.15) is 0 Å². The van der Waals surface area contributed by atoms with Crippen LogP contribution in [0.15, 0.2) is 24.3 Å². The molecule has 0 saturated carbocycles. The molecule has 0 aromatic heterocycles. The maximum atomic E-state index is 6.52. The molecule has 2 aliphatic rings. The van der Waals surface area contributed by atoms with Crippen LogP contribution in [0.3, 0.4) is 0 Å². The summed E-state index contributed by atoms with van der Waals surface area (Å²) in [5.74, 6) is 0.535. The lowest BCUT2D eigenvalue weighted by molar-refractivity contribution is -0.0954. The Kier molecular flexibility index (Phi) is 4.13. The minimum atomic E-state index is -0.112. The van der Waals surface area contributed by atoms with Crippen LogP contribution in [0.25, 0.3) is 0 Å². The van der Waals surface area contributed by atoms with E-state index in [4.69, 9.17) is 9.47 Å². The molecule has 2 nitrogen and oxygen atoms in total. The lowest BCUT2D eigenvalue weighted by atomic mass is 9.75. The highest BCUT2D eigenvalue weighted by molar-refractivity contribution is 14.1. The van der Waals surface area contributed by atoms with Crippen LogP contribution < -0.4 is 0 Å². The lowest BCUT2D eigenvalue weighted by Crippen LogP contribution is -2.44. The number of halogens is 1. The van der Waals surface area contributed by atoms with Gasteiger partial charge in [-0.2, -0.15) is 0 Å². The van der Waals surface area contributed by atoms with E-state index in [1.165, 1.54) is 11.1 Å². The molecule has 2 fully saturated rings. The van der Waals surface area contributed by atoms with Crippen molar-refractivity contribution in [2.75, 3.05) is 0 Å². The number of fused-ring (bicyclic) bond motifs is 2. The minimum absolute atomic E-state index is 0.00566. The van der Waals surface area contributed by atoms with E-state index in [2.05, 4.69) is 74.6 Å². The molecule has 0 radical (unpaired) electrons. The van der Waals surface area contributed by atoms with Crippen LogP contribution in [0.1, 0.15) is 44.7 Å². The molecule has 21 heavy (non-hydrogen) atoms. The molecule has 1 aromatic rings. The van der Waals surface area contributed by atoms with Gasteiger partial charge in [0.25, 0.3) is 0 Å². The van der Waals surface area contributed by atoms with Crippen LogP contribution in [-0.2, 0) is 16.1 Å². The van der Waals surface area contributed by atoms with Gasteiger partial charge < -0.3 is 9.47 Å². The molecule has 3 rings (SSSR count). The zero-order valence-electron chi connectivity index (χ0n) is 13.4. The number of hydrogen-bond acceptors (Lipinski definition) is 2. The van der Waals surface area contributed by atoms with Crippen molar-refractivity contribution < 1.29 is 9.47 Å². The summed E-state index contributed by atoms with van der Waals surface area (Å²) in [6.07, 6.45) is 2.34. The Bertz CT molecular complexity index is 530. The first-order chi connectivity index (χ1) is 9.87. The Morgan fingerprint density at radius 2 is 2.05 bits per heavy atom. The summed E-state index contributed by atoms with van der Waals surface area (Å²) in [5, 5.41) is 0. The molecule has 1 aromatic carbocycles. The predicted octanol–water partition coefficient (Wildman–Crippen LogP) is 4.66. The van der Waals surface area contributed by atoms with Crippen LogP contribution in [0.4, 0.5) is 0 Å². The Morgan fingerprint density at radius 1 is 1.33 bits per heavy atom. The van der Waals surface area contributed by atoms with Crippen LogP contribution in [0.5, 0.6) is 0 Å². The van der Waals surface area contributed by atoms with Crippen molar-refractivity contribution in [2.24, 2.45) is 5.92 Å². The molecule has 2 saturated heterocycles. The molecule has 0 aliphatic carbocycles. The summed E-state index contributed by atoms with van der Waals surface area (Å²) in [6, 6.07) is 8.47. The van der Waals surface area contributed by atoms with Gasteiger partial charge in [-0.3, -0.25) is 0 Å². The topological polar surface area (TPSA) is 18.5 Å². The van der Waals surface area contributed by atoms with Crippen molar-refractivity contribution in [3.05, 3.63) is 35.4 Å². The first kappa shape index (κ1) is 15.8. The number of hydrogen-bond donors (Lipinski definition) is 0. The van der Waals surface area contributed by atoms with Crippen LogP contribution in [0.2, 0.25) is 0 Å². The molecule has 0 amide bonds. The van der Waals surface area contributed by atoms with Gasteiger partial charge in [-0.1, -0.05) is 60.7 Å². The minimum Gasteiger partial charge on any atom is -0.370 e. The van der Waals surface area contributed by atoms with Gasteiger partial charge in [-0.15, -0.1) is 0 Å². The van der Waals surface area contributed by atoms with E-state index in [1.54, 1.807) is 0 Å². The van der Waals surface area contributed by atoms with Crippen molar-refractivity contribution >= 4 is 22.6 Å². The standard InChI is InChI=1S/C18H25IO2/c1-12(2)18-10-16(17(4,21-18)9-15(18)19)20-11-14-8-6-5-7-13(14)3/h5-8,12,15-16H,9-11H2,1-4H3/t15-,16+,17-,18+/m1/s1. The molecule has 4 atom stereocenters. The molecule has 0 N–H and O–H groups in total. The van der Waals surface area contributed by atoms with E-state index < -0.39 is 0 Å². The fourth-order valence-electron chi connectivity index (χ4n) is 3.85. The third-order valence-electron chi connectivity index (χ3n) is 5.40. The monoisotopic (exact) mass is 400 g/mol. The molecule has 2 heterocycles. The Labute approximate surface area is 141 Å². The van der Waals surface area contributed by atoms with E-state index in [-0.39, 0.29) is 17.3 Å². The average molecular weight is 400 g/mol. The van der Waals surface area contributed by atoms with Gasteiger partial charge >= 0.3 is 0 Å². The Hall–Kier alpha value is -0.130. The first-order valence-electron chi connectivity index (χ1n) is 7.88. The van der Waals surface area contributed by atoms with Gasteiger partial charge in [-0.05, 0) is 37.3 Å². The molecule has 2 bridgehead atoms. The fourth-order valence-corrected chi connectivity index (χ4v) is 5.83. The summed E-state index contributed by atoms with van der Waals surface area (Å²) in [5.41, 5.74) is 2.48. The zero-order valence-corrected chi connectivity index (χ0v) is 15.5. The summed E-state index contributed by atoms with van der Waals surface area (Å²) >= 11 is 2.58. The molecule has 2 aliphatic heterocycles. The normalized spacial score (nSPS) is 38.4. The second-order valence-corrected chi connectivity index (χ2v) is 8.63. The third kappa shape index (κ3) is 2.55. The maximum absolute atomic E-state index is 6.52. The summed E-state index contributed by atoms with van der Waals surface area (Å²) < 4.78 is 13.4. The van der Waals surface area contributed by atoms with E-state index in [1.807, 2.05) is 0 Å². The molecule has 3 heteroatoms. The molecule has 0 spiro atoms. The molecular formula is C18H25IO2. The van der Waals surface area contributed by atoms with E-state index in [0.717, 1.165) is 12.8 Å². The molecule has 0 unspecified atom stereocenters. The van der Waals surface area contributed by atoms with Crippen LogP contribution in [-0.4, -0.2) is 21.2 Å². The molecular weight excluding hydrogens is 375 g/mol. The molecule has 116 valence electrons.